The van der Waals surface area contributed by atoms with Gasteiger partial charge in [0.25, 0.3) is 0 Å². The van der Waals surface area contributed by atoms with Crippen molar-refractivity contribution in [3.05, 3.63) is 29.8 Å². The number of hydrogen-bond acceptors (Lipinski definition) is 1. The van der Waals surface area contributed by atoms with Crippen LogP contribution in [0.3, 0.4) is 0 Å². The van der Waals surface area contributed by atoms with Crippen molar-refractivity contribution < 1.29 is 4.79 Å². The van der Waals surface area contributed by atoms with Crippen molar-refractivity contribution in [3.8, 4) is 0 Å². The lowest BCUT2D eigenvalue weighted by atomic mass is 9.75. The van der Waals surface area contributed by atoms with E-state index >= 15 is 0 Å². The number of carbonyl (C=O) groups is 1. The van der Waals surface area contributed by atoms with Crippen LogP contribution in [0.1, 0.15) is 45.1 Å². The van der Waals surface area contributed by atoms with Gasteiger partial charge in [0.2, 0.25) is 5.91 Å². The van der Waals surface area contributed by atoms with Gasteiger partial charge < -0.3 is 5.32 Å². The zero-order valence-electron chi connectivity index (χ0n) is 11.0. The third kappa shape index (κ3) is 2.33. The summed E-state index contributed by atoms with van der Waals surface area (Å²) >= 11 is 3.57. The predicted molar refractivity (Wildman–Crippen MR) is 79.3 cm³/mol. The minimum atomic E-state index is -0.307. The molecule has 0 aliphatic carbocycles. The average Bonchev–Trinajstić information content (AvgIpc) is 2.62. The van der Waals surface area contributed by atoms with E-state index in [1.807, 2.05) is 18.2 Å². The van der Waals surface area contributed by atoms with Gasteiger partial charge in [-0.15, -0.1) is 0 Å². The van der Waals surface area contributed by atoms with Crippen LogP contribution in [0, 0.1) is 0 Å². The van der Waals surface area contributed by atoms with Crippen molar-refractivity contribution in [1.82, 2.24) is 0 Å². The molecule has 0 saturated carbocycles. The summed E-state index contributed by atoms with van der Waals surface area (Å²) < 4.78 is 0. The average molecular weight is 310 g/mol. The first kappa shape index (κ1) is 13.6. The second-order valence-electron chi connectivity index (χ2n) is 5.11. The molecule has 0 bridgehead atoms. The summed E-state index contributed by atoms with van der Waals surface area (Å²) in [4.78, 5) is 12.9. The van der Waals surface area contributed by atoms with Crippen molar-refractivity contribution in [1.29, 1.82) is 0 Å². The minimum absolute atomic E-state index is 0.174. The van der Waals surface area contributed by atoms with Crippen LogP contribution in [-0.4, -0.2) is 10.7 Å². The van der Waals surface area contributed by atoms with E-state index in [0.717, 1.165) is 31.4 Å². The molecule has 2 unspecified atom stereocenters. The molecule has 2 rings (SSSR count). The van der Waals surface area contributed by atoms with Crippen molar-refractivity contribution in [2.75, 3.05) is 5.32 Å². The summed E-state index contributed by atoms with van der Waals surface area (Å²) in [7, 11) is 0. The number of amides is 1. The highest BCUT2D eigenvalue weighted by Gasteiger charge is 2.44. The summed E-state index contributed by atoms with van der Waals surface area (Å²) in [5.41, 5.74) is 1.87. The van der Waals surface area contributed by atoms with Gasteiger partial charge in [0.1, 0.15) is 0 Å². The molecule has 98 valence electrons. The Morgan fingerprint density at radius 3 is 2.78 bits per heavy atom. The first-order valence-corrected chi connectivity index (χ1v) is 7.57. The van der Waals surface area contributed by atoms with E-state index in [0.29, 0.717) is 4.83 Å². The predicted octanol–water partition coefficient (Wildman–Crippen LogP) is 4.24. The van der Waals surface area contributed by atoms with Crippen molar-refractivity contribution in [2.45, 2.75) is 49.8 Å². The fourth-order valence-electron chi connectivity index (χ4n) is 2.83. The Kier molecular flexibility index (Phi) is 4.10. The van der Waals surface area contributed by atoms with Gasteiger partial charge in [-0.1, -0.05) is 54.4 Å². The third-order valence-electron chi connectivity index (χ3n) is 3.93. The third-order valence-corrected chi connectivity index (χ3v) is 4.39. The van der Waals surface area contributed by atoms with E-state index < -0.39 is 0 Å². The standard InChI is InChI=1S/C15H20BrNO/c1-3-15(10-6-7-11(2)16)12-8-4-5-9-13(12)17-14(15)18/h4-5,8-9,11H,3,6-7,10H2,1-2H3,(H,17,18). The van der Waals surface area contributed by atoms with E-state index in [1.54, 1.807) is 0 Å². The number of anilines is 1. The Hall–Kier alpha value is -0.830. The number of alkyl halides is 1. The summed E-state index contributed by atoms with van der Waals surface area (Å²) in [6.07, 6.45) is 3.98. The fourth-order valence-corrected chi connectivity index (χ4v) is 3.16. The number of nitrogens with one attached hydrogen (secondary N) is 1. The van der Waals surface area contributed by atoms with Crippen LogP contribution in [0.2, 0.25) is 0 Å². The number of para-hydroxylation sites is 1. The molecule has 1 heterocycles. The van der Waals surface area contributed by atoms with E-state index in [9.17, 15) is 4.79 Å². The SMILES string of the molecule is CCC1(CCCC(C)Br)C(=O)Nc2ccccc21. The van der Waals surface area contributed by atoms with E-state index in [2.05, 4.69) is 41.2 Å². The number of halogens is 1. The van der Waals surface area contributed by atoms with E-state index in [-0.39, 0.29) is 11.3 Å². The maximum Gasteiger partial charge on any atom is 0.235 e. The molecule has 1 amide bonds. The maximum atomic E-state index is 12.3. The second kappa shape index (κ2) is 5.43. The van der Waals surface area contributed by atoms with Crippen LogP contribution in [-0.2, 0) is 10.2 Å². The summed E-state index contributed by atoms with van der Waals surface area (Å²) in [5, 5.41) is 3.03. The summed E-state index contributed by atoms with van der Waals surface area (Å²) in [6, 6.07) is 8.09. The lowest BCUT2D eigenvalue weighted by molar-refractivity contribution is -0.121. The highest BCUT2D eigenvalue weighted by atomic mass is 79.9. The minimum Gasteiger partial charge on any atom is -0.325 e. The quantitative estimate of drug-likeness (QED) is 0.810. The van der Waals surface area contributed by atoms with Crippen LogP contribution in [0.4, 0.5) is 5.69 Å². The zero-order chi connectivity index (χ0) is 13.2. The molecule has 0 radical (unpaired) electrons. The smallest absolute Gasteiger partial charge is 0.235 e. The Balaban J connectivity index is 2.23. The Morgan fingerprint density at radius 1 is 1.39 bits per heavy atom. The van der Waals surface area contributed by atoms with E-state index in [1.165, 1.54) is 5.56 Å². The van der Waals surface area contributed by atoms with Gasteiger partial charge in [-0.3, -0.25) is 4.79 Å². The first-order chi connectivity index (χ1) is 8.60. The molecule has 1 aliphatic rings. The number of rotatable bonds is 5. The molecule has 2 nitrogen and oxygen atoms in total. The van der Waals surface area contributed by atoms with Gasteiger partial charge in [0, 0.05) is 10.5 Å². The van der Waals surface area contributed by atoms with Gasteiger partial charge in [-0.25, -0.2) is 0 Å². The Morgan fingerprint density at radius 2 is 2.11 bits per heavy atom. The highest BCUT2D eigenvalue weighted by Crippen LogP contribution is 2.43. The lowest BCUT2D eigenvalue weighted by Crippen LogP contribution is -2.33. The molecule has 0 spiro atoms. The van der Waals surface area contributed by atoms with Gasteiger partial charge >= 0.3 is 0 Å². The normalized spacial score (nSPS) is 23.6. The number of fused-ring (bicyclic) bond motifs is 1. The van der Waals surface area contributed by atoms with Crippen LogP contribution < -0.4 is 5.32 Å². The van der Waals surface area contributed by atoms with Gasteiger partial charge in [-0.05, 0) is 30.9 Å². The van der Waals surface area contributed by atoms with Gasteiger partial charge in [0.15, 0.2) is 0 Å². The molecule has 0 aromatic heterocycles. The number of carbonyl (C=O) groups excluding carboxylic acids is 1. The van der Waals surface area contributed by atoms with Gasteiger partial charge in [-0.2, -0.15) is 0 Å². The lowest BCUT2D eigenvalue weighted by Gasteiger charge is -2.26. The highest BCUT2D eigenvalue weighted by molar-refractivity contribution is 9.09. The van der Waals surface area contributed by atoms with E-state index in [4.69, 9.17) is 0 Å². The molecule has 1 N–H and O–H groups in total. The van der Waals surface area contributed by atoms with Crippen molar-refractivity contribution >= 4 is 27.5 Å². The zero-order valence-corrected chi connectivity index (χ0v) is 12.6. The Bertz CT molecular complexity index is 444. The number of hydrogen-bond donors (Lipinski definition) is 1. The molecule has 2 atom stereocenters. The van der Waals surface area contributed by atoms with Crippen LogP contribution in [0.15, 0.2) is 24.3 Å². The first-order valence-electron chi connectivity index (χ1n) is 6.65. The maximum absolute atomic E-state index is 12.3. The van der Waals surface area contributed by atoms with Crippen molar-refractivity contribution in [3.63, 3.8) is 0 Å². The van der Waals surface area contributed by atoms with Crippen LogP contribution >= 0.6 is 15.9 Å². The monoisotopic (exact) mass is 309 g/mol. The van der Waals surface area contributed by atoms with Crippen LogP contribution in [0.25, 0.3) is 0 Å². The molecular weight excluding hydrogens is 290 g/mol. The molecule has 1 aromatic carbocycles. The topological polar surface area (TPSA) is 29.1 Å². The fraction of sp³-hybridized carbons (Fsp3) is 0.533. The second-order valence-corrected chi connectivity index (χ2v) is 6.67. The summed E-state index contributed by atoms with van der Waals surface area (Å²) in [5.74, 6) is 0.174. The molecule has 18 heavy (non-hydrogen) atoms. The van der Waals surface area contributed by atoms with Crippen LogP contribution in [0.5, 0.6) is 0 Å². The molecule has 0 fully saturated rings. The van der Waals surface area contributed by atoms with Crippen molar-refractivity contribution in [2.24, 2.45) is 0 Å². The molecule has 0 saturated heterocycles. The molecule has 3 heteroatoms. The van der Waals surface area contributed by atoms with Gasteiger partial charge in [0.05, 0.1) is 5.41 Å². The Labute approximate surface area is 117 Å². The molecule has 1 aromatic rings. The number of benzene rings is 1. The summed E-state index contributed by atoms with van der Waals surface area (Å²) in [6.45, 7) is 4.26. The largest absolute Gasteiger partial charge is 0.325 e. The molecule has 1 aliphatic heterocycles. The molecular formula is C15H20BrNO.